The maximum Gasteiger partial charge on any atom is 0.296 e. The summed E-state index contributed by atoms with van der Waals surface area (Å²) >= 11 is 0. The molecule has 0 saturated heterocycles. The molecule has 76 heavy (non-hydrogen) atoms. The summed E-state index contributed by atoms with van der Waals surface area (Å²) in [7, 11) is -19.1. The zero-order valence-corrected chi connectivity index (χ0v) is 43.8. The summed E-state index contributed by atoms with van der Waals surface area (Å²) < 4.78 is 140. The molecule has 394 valence electrons. The SMILES string of the molecule is Cc1cc(N=Nc2cc(C)c(N=Nc3ccc(S(=O)(=O)O)cc3S(=O)(=O)O)cc2OCCCS(=O)(=O)O)c(C)cc1N=Nc1cc(C)c(N=Nc2c(S(=O)(=O)O)cc3cc(N=Nc4ccccc4)ccc3c2O)cc1C. The van der Waals surface area contributed by atoms with E-state index in [2.05, 4.69) is 51.1 Å². The van der Waals surface area contributed by atoms with Crippen molar-refractivity contribution in [2.75, 3.05) is 12.4 Å². The highest BCUT2D eigenvalue weighted by Crippen LogP contribution is 2.44. The van der Waals surface area contributed by atoms with Crippen LogP contribution < -0.4 is 4.74 Å². The van der Waals surface area contributed by atoms with E-state index in [9.17, 15) is 57.0 Å². The van der Waals surface area contributed by atoms with Crippen molar-refractivity contribution in [2.24, 2.45) is 51.1 Å². The topological polar surface area (TPSA) is 371 Å². The normalized spacial score (nSPS) is 12.9. The number of ether oxygens (including phenoxy) is 1. The molecule has 0 aromatic heterocycles. The second kappa shape index (κ2) is 22.5. The molecule has 7 aromatic rings. The highest BCUT2D eigenvalue weighted by atomic mass is 32.2. The fraction of sp³-hybridized carbons (Fsp3) is 0.167. The van der Waals surface area contributed by atoms with Gasteiger partial charge in [-0.15, -0.1) is 15.3 Å². The smallest absolute Gasteiger partial charge is 0.296 e. The summed E-state index contributed by atoms with van der Waals surface area (Å²) in [5, 5.41) is 54.1. The minimum absolute atomic E-state index is 0.0148. The van der Waals surface area contributed by atoms with Crippen LogP contribution in [0.5, 0.6) is 11.5 Å². The average Bonchev–Trinajstić information content (AvgIpc) is 3.34. The maximum absolute atomic E-state index is 12.6. The van der Waals surface area contributed by atoms with E-state index < -0.39 is 78.0 Å². The van der Waals surface area contributed by atoms with E-state index in [1.807, 2.05) is 6.07 Å². The van der Waals surface area contributed by atoms with Crippen molar-refractivity contribution >= 4 is 108 Å². The van der Waals surface area contributed by atoms with Gasteiger partial charge < -0.3 is 9.84 Å². The standard InChI is InChI=1S/C48H44N10O14S4/c1-27-19-40(54-57-43-22-31(5)42(26-44(43)72-16-9-17-73(60,61)62)55-51-37-15-13-35(74(63,64)65)25-45(37)75(66,67)68)28(2)18-38(27)52-53-39-20-30(4)41(21-29(39)3)56-58-47-46(76(69,70)71)24-32-23-34(12-14-36(32)48(47)59)50-49-33-10-7-6-8-11-33/h6-8,10-15,18-26,59H,9,16-17H2,1-5H3,(H,60,61,62)(H,63,64,65)(H,66,67,68)(H,69,70,71). The van der Waals surface area contributed by atoms with Gasteiger partial charge in [0.2, 0.25) is 0 Å². The van der Waals surface area contributed by atoms with Crippen LogP contribution in [0.4, 0.5) is 56.9 Å². The Kier molecular flexibility index (Phi) is 16.5. The number of benzene rings is 7. The zero-order valence-electron chi connectivity index (χ0n) is 40.5. The second-order valence-corrected chi connectivity index (χ2v) is 22.6. The van der Waals surface area contributed by atoms with Crippen molar-refractivity contribution in [2.45, 2.75) is 55.7 Å². The number of azo groups is 5. The molecule has 0 fully saturated rings. The van der Waals surface area contributed by atoms with Gasteiger partial charge in [-0.1, -0.05) is 18.2 Å². The van der Waals surface area contributed by atoms with Crippen molar-refractivity contribution < 1.29 is 61.7 Å². The molecular formula is C48H44N10O14S4. The molecule has 0 aliphatic rings. The van der Waals surface area contributed by atoms with Crippen molar-refractivity contribution in [1.29, 1.82) is 0 Å². The molecule has 5 N–H and O–H groups in total. The van der Waals surface area contributed by atoms with Gasteiger partial charge in [0.05, 0.1) is 57.1 Å². The molecule has 24 nitrogen and oxygen atoms in total. The van der Waals surface area contributed by atoms with Crippen LogP contribution in [0.15, 0.2) is 175 Å². The predicted octanol–water partition coefficient (Wildman–Crippen LogP) is 13.6. The van der Waals surface area contributed by atoms with Gasteiger partial charge >= 0.3 is 0 Å². The third kappa shape index (κ3) is 14.0. The van der Waals surface area contributed by atoms with E-state index in [0.29, 0.717) is 68.0 Å². The lowest BCUT2D eigenvalue weighted by Crippen LogP contribution is -2.08. The first-order valence-corrected chi connectivity index (χ1v) is 28.0. The Labute approximate surface area is 435 Å². The summed E-state index contributed by atoms with van der Waals surface area (Å²) in [5.74, 6) is -1.14. The van der Waals surface area contributed by atoms with Crippen molar-refractivity contribution in [3.05, 3.63) is 137 Å². The Morgan fingerprint density at radius 1 is 0.434 bits per heavy atom. The summed E-state index contributed by atoms with van der Waals surface area (Å²) in [6.45, 7) is 8.35. The van der Waals surface area contributed by atoms with Crippen LogP contribution in [-0.2, 0) is 40.5 Å². The van der Waals surface area contributed by atoms with Crippen molar-refractivity contribution in [1.82, 2.24) is 0 Å². The quantitative estimate of drug-likeness (QED) is 0.0303. The fourth-order valence-corrected chi connectivity index (χ4v) is 9.44. The molecule has 0 aliphatic carbocycles. The molecule has 0 spiro atoms. The van der Waals surface area contributed by atoms with Gasteiger partial charge in [0.25, 0.3) is 40.5 Å². The molecule has 28 heteroatoms. The number of nitrogens with zero attached hydrogens (tertiary/aromatic N) is 10. The fourth-order valence-electron chi connectivity index (χ4n) is 7.07. The Bertz CT molecular complexity index is 4080. The van der Waals surface area contributed by atoms with Crippen LogP contribution in [0.1, 0.15) is 34.2 Å². The summed E-state index contributed by atoms with van der Waals surface area (Å²) in [5.41, 5.74) is 4.67. The van der Waals surface area contributed by atoms with Gasteiger partial charge in [0.1, 0.15) is 32.6 Å². The third-order valence-electron chi connectivity index (χ3n) is 11.0. The number of aromatic hydroxyl groups is 1. The van der Waals surface area contributed by atoms with E-state index in [-0.39, 0.29) is 40.9 Å². The van der Waals surface area contributed by atoms with Crippen LogP contribution in [-0.4, -0.2) is 69.3 Å². The van der Waals surface area contributed by atoms with Crippen molar-refractivity contribution in [3.8, 4) is 11.5 Å². The minimum Gasteiger partial charge on any atom is -0.505 e. The lowest BCUT2D eigenvalue weighted by molar-refractivity contribution is 0.317. The monoisotopic (exact) mass is 1110 g/mol. The van der Waals surface area contributed by atoms with Gasteiger partial charge in [-0.2, -0.15) is 69.5 Å². The summed E-state index contributed by atoms with van der Waals surface area (Å²) in [6.07, 6.45) is -0.133. The number of phenols is 1. The second-order valence-electron chi connectivity index (χ2n) is 16.8. The van der Waals surface area contributed by atoms with Gasteiger partial charge in [-0.25, -0.2) is 0 Å². The van der Waals surface area contributed by atoms with E-state index in [0.717, 1.165) is 18.2 Å². The molecule has 0 amide bonds. The molecule has 0 bridgehead atoms. The number of hydrogen-bond acceptors (Lipinski definition) is 20. The number of rotatable bonds is 18. The molecule has 0 radical (unpaired) electrons. The molecule has 0 heterocycles. The number of aryl methyl sites for hydroxylation is 5. The van der Waals surface area contributed by atoms with Crippen LogP contribution in [0.25, 0.3) is 10.8 Å². The minimum atomic E-state index is -5.06. The number of phenolic OH excluding ortho intramolecular Hbond substituents is 1. The Hall–Kier alpha value is -7.96. The first-order valence-electron chi connectivity index (χ1n) is 22.1. The van der Waals surface area contributed by atoms with Gasteiger partial charge in [-0.05, 0) is 159 Å². The third-order valence-corrected chi connectivity index (χ3v) is 14.4. The molecular weight excluding hydrogens is 1070 g/mol. The Morgan fingerprint density at radius 2 is 0.908 bits per heavy atom. The Balaban J connectivity index is 1.12. The highest BCUT2D eigenvalue weighted by Gasteiger charge is 2.24. The van der Waals surface area contributed by atoms with Crippen LogP contribution in [0, 0.1) is 34.6 Å². The molecule has 0 atom stereocenters. The molecule has 0 unspecified atom stereocenters. The maximum atomic E-state index is 12.6. The van der Waals surface area contributed by atoms with Gasteiger partial charge in [0.15, 0.2) is 5.75 Å². The van der Waals surface area contributed by atoms with E-state index >= 15 is 0 Å². The molecule has 7 aromatic carbocycles. The van der Waals surface area contributed by atoms with E-state index in [1.165, 1.54) is 24.3 Å². The summed E-state index contributed by atoms with van der Waals surface area (Å²) in [6, 6.07) is 26.5. The molecule has 0 aliphatic heterocycles. The molecule has 7 rings (SSSR count). The van der Waals surface area contributed by atoms with E-state index in [1.54, 1.807) is 89.2 Å². The van der Waals surface area contributed by atoms with E-state index in [4.69, 9.17) is 4.74 Å². The van der Waals surface area contributed by atoms with Crippen molar-refractivity contribution in [3.63, 3.8) is 0 Å². The van der Waals surface area contributed by atoms with Crippen LogP contribution in [0.2, 0.25) is 0 Å². The van der Waals surface area contributed by atoms with Crippen LogP contribution in [0.3, 0.4) is 0 Å². The number of hydrogen-bond donors (Lipinski definition) is 5. The summed E-state index contributed by atoms with van der Waals surface area (Å²) in [4.78, 5) is -2.46. The highest BCUT2D eigenvalue weighted by molar-refractivity contribution is 7.87. The first kappa shape index (κ1) is 55.8. The lowest BCUT2D eigenvalue weighted by Gasteiger charge is -2.11. The zero-order chi connectivity index (χ0) is 55.3. The predicted molar refractivity (Wildman–Crippen MR) is 278 cm³/mol. The van der Waals surface area contributed by atoms with Gasteiger partial charge in [0, 0.05) is 11.5 Å². The first-order chi connectivity index (χ1) is 35.6. The lowest BCUT2D eigenvalue weighted by atomic mass is 10.1. The largest absolute Gasteiger partial charge is 0.505 e. The Morgan fingerprint density at radius 3 is 1.42 bits per heavy atom. The average molecular weight is 1110 g/mol. The number of fused-ring (bicyclic) bond motifs is 1. The molecule has 0 saturated carbocycles. The van der Waals surface area contributed by atoms with Crippen LogP contribution >= 0.6 is 0 Å². The van der Waals surface area contributed by atoms with Gasteiger partial charge in [-0.3, -0.25) is 18.2 Å².